The second-order valence-electron chi connectivity index (χ2n) is 4.11. The zero-order valence-electron chi connectivity index (χ0n) is 8.86. The smallest absolute Gasteiger partial charge is 0.338 e. The van der Waals surface area contributed by atoms with Crippen LogP contribution in [0.15, 0.2) is 18.2 Å². The van der Waals surface area contributed by atoms with Gasteiger partial charge in [0.05, 0.1) is 18.8 Å². The minimum absolute atomic E-state index is 0.0566. The summed E-state index contributed by atoms with van der Waals surface area (Å²) < 4.78 is 10.2. The lowest BCUT2D eigenvalue weighted by Gasteiger charge is -2.25. The Morgan fingerprint density at radius 2 is 2.31 bits per heavy atom. The molecule has 16 heavy (non-hydrogen) atoms. The third-order valence-corrected chi connectivity index (χ3v) is 2.93. The molecule has 0 saturated carbocycles. The predicted molar refractivity (Wildman–Crippen MR) is 58.7 cm³/mol. The van der Waals surface area contributed by atoms with Gasteiger partial charge in [-0.2, -0.15) is 0 Å². The van der Waals surface area contributed by atoms with Crippen molar-refractivity contribution in [3.63, 3.8) is 0 Å². The molecule has 0 spiro atoms. The number of nitrogens with one attached hydrogen (secondary N) is 1. The summed E-state index contributed by atoms with van der Waals surface area (Å²) in [6.45, 7) is 2.00. The number of anilines is 1. The number of carbonyl (C=O) groups excluding carboxylic acids is 1. The number of carbonyl (C=O) groups is 1. The van der Waals surface area contributed by atoms with Crippen LogP contribution in [0.4, 0.5) is 5.69 Å². The Hall–Kier alpha value is -1.55. The normalized spacial score (nSPS) is 18.5. The van der Waals surface area contributed by atoms with Crippen LogP contribution in [0, 0.1) is 0 Å². The van der Waals surface area contributed by atoms with E-state index in [1.165, 1.54) is 5.56 Å². The van der Waals surface area contributed by atoms with Crippen LogP contribution in [0.25, 0.3) is 0 Å². The molecule has 0 atom stereocenters. The van der Waals surface area contributed by atoms with E-state index < -0.39 is 0 Å². The molecule has 1 saturated heterocycles. The molecule has 2 heterocycles. The molecule has 84 valence electrons. The minimum Gasteiger partial charge on any atom is -0.454 e. The van der Waals surface area contributed by atoms with Gasteiger partial charge in [0.15, 0.2) is 0 Å². The molecular formula is C12H13NO3. The molecular weight excluding hydrogens is 206 g/mol. The second kappa shape index (κ2) is 3.79. The van der Waals surface area contributed by atoms with Crippen LogP contribution in [0.3, 0.4) is 0 Å². The standard InChI is InChI=1S/C12H13NO3/c14-12(16-10-6-15-7-10)9-1-2-11-8(5-9)3-4-13-11/h1-2,5,10,13H,3-4,6-7H2. The van der Waals surface area contributed by atoms with Crippen LogP contribution in [0.1, 0.15) is 15.9 Å². The fourth-order valence-corrected chi connectivity index (χ4v) is 1.93. The molecule has 2 aliphatic rings. The highest BCUT2D eigenvalue weighted by Crippen LogP contribution is 2.23. The Morgan fingerprint density at radius 3 is 3.06 bits per heavy atom. The summed E-state index contributed by atoms with van der Waals surface area (Å²) in [5.74, 6) is -0.247. The molecule has 4 nitrogen and oxygen atoms in total. The zero-order valence-corrected chi connectivity index (χ0v) is 8.86. The highest BCUT2D eigenvalue weighted by atomic mass is 16.6. The first-order valence-corrected chi connectivity index (χ1v) is 5.48. The Balaban J connectivity index is 1.75. The maximum atomic E-state index is 11.7. The van der Waals surface area contributed by atoms with Crippen LogP contribution >= 0.6 is 0 Å². The minimum atomic E-state index is -0.247. The van der Waals surface area contributed by atoms with Gasteiger partial charge >= 0.3 is 5.97 Å². The number of hydrogen-bond donors (Lipinski definition) is 1. The van der Waals surface area contributed by atoms with Gasteiger partial charge in [-0.15, -0.1) is 0 Å². The predicted octanol–water partition coefficient (Wildman–Crippen LogP) is 1.21. The van der Waals surface area contributed by atoms with Crippen LogP contribution in [-0.4, -0.2) is 31.8 Å². The summed E-state index contributed by atoms with van der Waals surface area (Å²) in [6, 6.07) is 5.66. The van der Waals surface area contributed by atoms with Crippen LogP contribution in [-0.2, 0) is 15.9 Å². The maximum absolute atomic E-state index is 11.7. The van der Waals surface area contributed by atoms with Gasteiger partial charge in [0.25, 0.3) is 0 Å². The number of rotatable bonds is 2. The molecule has 0 radical (unpaired) electrons. The Kier molecular flexibility index (Phi) is 2.29. The number of esters is 1. The molecule has 1 N–H and O–H groups in total. The summed E-state index contributed by atoms with van der Waals surface area (Å²) in [7, 11) is 0. The first-order chi connectivity index (χ1) is 7.83. The average molecular weight is 219 g/mol. The number of fused-ring (bicyclic) bond motifs is 1. The molecule has 0 amide bonds. The summed E-state index contributed by atoms with van der Waals surface area (Å²) in [4.78, 5) is 11.7. The number of ether oxygens (including phenoxy) is 2. The van der Waals surface area contributed by atoms with Crippen molar-refractivity contribution in [3.8, 4) is 0 Å². The van der Waals surface area contributed by atoms with Gasteiger partial charge in [-0.3, -0.25) is 0 Å². The summed E-state index contributed by atoms with van der Waals surface area (Å²) in [5.41, 5.74) is 2.96. The fourth-order valence-electron chi connectivity index (χ4n) is 1.93. The van der Waals surface area contributed by atoms with Gasteiger partial charge in [-0.25, -0.2) is 4.79 Å². The van der Waals surface area contributed by atoms with E-state index in [0.29, 0.717) is 18.8 Å². The SMILES string of the molecule is O=C(OC1COC1)c1ccc2c(c1)CCN2. The van der Waals surface area contributed by atoms with E-state index in [9.17, 15) is 4.79 Å². The second-order valence-corrected chi connectivity index (χ2v) is 4.11. The van der Waals surface area contributed by atoms with Crippen LogP contribution < -0.4 is 5.32 Å². The molecule has 2 aliphatic heterocycles. The monoisotopic (exact) mass is 219 g/mol. The Morgan fingerprint density at radius 1 is 1.44 bits per heavy atom. The zero-order chi connectivity index (χ0) is 11.0. The van der Waals surface area contributed by atoms with E-state index in [1.807, 2.05) is 12.1 Å². The van der Waals surface area contributed by atoms with E-state index in [1.54, 1.807) is 6.07 Å². The number of hydrogen-bond acceptors (Lipinski definition) is 4. The van der Waals surface area contributed by atoms with Gasteiger partial charge in [0.1, 0.15) is 6.10 Å². The van der Waals surface area contributed by atoms with Crippen molar-refractivity contribution in [2.75, 3.05) is 25.1 Å². The molecule has 0 aliphatic carbocycles. The molecule has 0 aromatic heterocycles. The van der Waals surface area contributed by atoms with Crippen LogP contribution in [0.5, 0.6) is 0 Å². The van der Waals surface area contributed by atoms with E-state index in [-0.39, 0.29) is 12.1 Å². The van der Waals surface area contributed by atoms with Crippen molar-refractivity contribution >= 4 is 11.7 Å². The Labute approximate surface area is 93.5 Å². The highest BCUT2D eigenvalue weighted by Gasteiger charge is 2.24. The molecule has 0 bridgehead atoms. The van der Waals surface area contributed by atoms with E-state index in [2.05, 4.69) is 5.32 Å². The van der Waals surface area contributed by atoms with E-state index in [0.717, 1.165) is 18.7 Å². The van der Waals surface area contributed by atoms with Crippen molar-refractivity contribution in [1.29, 1.82) is 0 Å². The van der Waals surface area contributed by atoms with Crippen molar-refractivity contribution < 1.29 is 14.3 Å². The first-order valence-electron chi connectivity index (χ1n) is 5.48. The van der Waals surface area contributed by atoms with Gasteiger partial charge in [0.2, 0.25) is 0 Å². The molecule has 1 fully saturated rings. The Bertz CT molecular complexity index is 426. The quantitative estimate of drug-likeness (QED) is 0.759. The fraction of sp³-hybridized carbons (Fsp3) is 0.417. The third-order valence-electron chi connectivity index (χ3n) is 2.93. The lowest BCUT2D eigenvalue weighted by Crippen LogP contribution is -2.37. The molecule has 1 aromatic rings. The summed E-state index contributed by atoms with van der Waals surface area (Å²) in [5, 5.41) is 3.26. The lowest BCUT2D eigenvalue weighted by atomic mass is 10.1. The van der Waals surface area contributed by atoms with Crippen molar-refractivity contribution in [3.05, 3.63) is 29.3 Å². The molecule has 1 aromatic carbocycles. The van der Waals surface area contributed by atoms with Gasteiger partial charge in [-0.1, -0.05) is 0 Å². The lowest BCUT2D eigenvalue weighted by molar-refractivity contribution is -0.103. The van der Waals surface area contributed by atoms with Crippen LogP contribution in [0.2, 0.25) is 0 Å². The molecule has 3 rings (SSSR count). The highest BCUT2D eigenvalue weighted by molar-refractivity contribution is 5.90. The number of benzene rings is 1. The molecule has 0 unspecified atom stereocenters. The summed E-state index contributed by atoms with van der Waals surface area (Å²) >= 11 is 0. The van der Waals surface area contributed by atoms with Gasteiger partial charge in [-0.05, 0) is 30.2 Å². The molecule has 4 heteroatoms. The summed E-state index contributed by atoms with van der Waals surface area (Å²) in [6.07, 6.45) is 0.919. The van der Waals surface area contributed by atoms with E-state index >= 15 is 0 Å². The van der Waals surface area contributed by atoms with Crippen molar-refractivity contribution in [2.24, 2.45) is 0 Å². The van der Waals surface area contributed by atoms with Crippen molar-refractivity contribution in [1.82, 2.24) is 0 Å². The topological polar surface area (TPSA) is 47.6 Å². The van der Waals surface area contributed by atoms with Crippen molar-refractivity contribution in [2.45, 2.75) is 12.5 Å². The largest absolute Gasteiger partial charge is 0.454 e. The van der Waals surface area contributed by atoms with Gasteiger partial charge in [0, 0.05) is 12.2 Å². The first kappa shape index (κ1) is 9.66. The average Bonchev–Trinajstić information content (AvgIpc) is 2.69. The third kappa shape index (κ3) is 1.65. The van der Waals surface area contributed by atoms with Gasteiger partial charge < -0.3 is 14.8 Å². The maximum Gasteiger partial charge on any atom is 0.338 e. The van der Waals surface area contributed by atoms with E-state index in [4.69, 9.17) is 9.47 Å².